The maximum Gasteiger partial charge on any atom is 0.298 e. The molecule has 0 fully saturated rings. The van der Waals surface area contributed by atoms with Crippen molar-refractivity contribution in [3.8, 4) is 0 Å². The summed E-state index contributed by atoms with van der Waals surface area (Å²) in [4.78, 5) is 14.1. The molecule has 0 saturated carbocycles. The van der Waals surface area contributed by atoms with Gasteiger partial charge in [-0.25, -0.2) is 9.37 Å². The van der Waals surface area contributed by atoms with Crippen LogP contribution in [-0.2, 0) is 0 Å². The zero-order chi connectivity index (χ0) is 11.0. The third-order valence-corrected chi connectivity index (χ3v) is 2.07. The van der Waals surface area contributed by atoms with E-state index >= 15 is 0 Å². The highest BCUT2D eigenvalue weighted by atomic mass is 19.1. The minimum Gasteiger partial charge on any atom is -0.258 e. The van der Waals surface area contributed by atoms with E-state index in [1.165, 1.54) is 6.07 Å². The first-order chi connectivity index (χ1) is 7.08. The van der Waals surface area contributed by atoms with Gasteiger partial charge in [-0.15, -0.1) is 0 Å². The van der Waals surface area contributed by atoms with Crippen molar-refractivity contribution in [2.24, 2.45) is 0 Å². The second-order valence-electron chi connectivity index (χ2n) is 3.21. The highest BCUT2D eigenvalue weighted by Gasteiger charge is 2.15. The monoisotopic (exact) mass is 206 g/mol. The number of hydrogen-bond acceptors (Lipinski definition) is 3. The van der Waals surface area contributed by atoms with E-state index in [9.17, 15) is 14.5 Å². The van der Waals surface area contributed by atoms with Crippen molar-refractivity contribution in [1.29, 1.82) is 0 Å². The molecule has 5 heteroatoms. The van der Waals surface area contributed by atoms with Gasteiger partial charge in [0.1, 0.15) is 11.3 Å². The Kier molecular flexibility index (Phi) is 2.07. The molecule has 0 saturated heterocycles. The Morgan fingerprint density at radius 3 is 2.80 bits per heavy atom. The minimum absolute atomic E-state index is 0.224. The molecule has 0 spiro atoms. The van der Waals surface area contributed by atoms with Crippen molar-refractivity contribution in [3.63, 3.8) is 0 Å². The van der Waals surface area contributed by atoms with Gasteiger partial charge in [0.25, 0.3) is 5.69 Å². The zero-order valence-corrected chi connectivity index (χ0v) is 7.90. The number of aryl methyl sites for hydroxylation is 1. The Balaban J connectivity index is 2.87. The molecule has 1 heterocycles. The molecule has 0 atom stereocenters. The van der Waals surface area contributed by atoms with Crippen molar-refractivity contribution in [2.45, 2.75) is 6.92 Å². The van der Waals surface area contributed by atoms with Gasteiger partial charge >= 0.3 is 0 Å². The Hall–Kier alpha value is -2.04. The maximum atomic E-state index is 13.0. The lowest BCUT2D eigenvalue weighted by molar-refractivity contribution is -0.383. The number of pyridine rings is 1. The Labute approximate surface area is 84.5 Å². The summed E-state index contributed by atoms with van der Waals surface area (Å²) in [7, 11) is 0. The van der Waals surface area contributed by atoms with E-state index in [1.807, 2.05) is 0 Å². The Morgan fingerprint density at radius 2 is 2.13 bits per heavy atom. The predicted octanol–water partition coefficient (Wildman–Crippen LogP) is 2.59. The van der Waals surface area contributed by atoms with Crippen LogP contribution in [-0.4, -0.2) is 9.91 Å². The lowest BCUT2D eigenvalue weighted by Gasteiger charge is -2.00. The molecule has 0 radical (unpaired) electrons. The molecule has 2 rings (SSSR count). The highest BCUT2D eigenvalue weighted by molar-refractivity contribution is 5.87. The first-order valence-corrected chi connectivity index (χ1v) is 4.29. The molecular formula is C10H7FN2O2. The Morgan fingerprint density at radius 1 is 1.40 bits per heavy atom. The number of hydrogen-bond donors (Lipinski definition) is 0. The van der Waals surface area contributed by atoms with Gasteiger partial charge in [0.05, 0.1) is 11.0 Å². The van der Waals surface area contributed by atoms with E-state index in [1.54, 1.807) is 19.1 Å². The summed E-state index contributed by atoms with van der Waals surface area (Å²) in [5.74, 6) is -0.625. The van der Waals surface area contributed by atoms with Gasteiger partial charge in [-0.05, 0) is 19.1 Å². The summed E-state index contributed by atoms with van der Waals surface area (Å²) in [6.07, 6.45) is 0. The van der Waals surface area contributed by atoms with Crippen LogP contribution < -0.4 is 0 Å². The molecule has 0 aliphatic heterocycles. The average molecular weight is 206 g/mol. The fourth-order valence-corrected chi connectivity index (χ4v) is 1.42. The van der Waals surface area contributed by atoms with Crippen molar-refractivity contribution < 1.29 is 9.31 Å². The van der Waals surface area contributed by atoms with Crippen LogP contribution in [0, 0.1) is 22.9 Å². The number of rotatable bonds is 1. The lowest BCUT2D eigenvalue weighted by Crippen LogP contribution is -1.94. The van der Waals surface area contributed by atoms with Crippen molar-refractivity contribution in [1.82, 2.24) is 4.98 Å². The fraction of sp³-hybridized carbons (Fsp3) is 0.100. The van der Waals surface area contributed by atoms with Crippen molar-refractivity contribution >= 4 is 16.6 Å². The van der Waals surface area contributed by atoms with E-state index in [2.05, 4.69) is 4.98 Å². The first kappa shape index (κ1) is 9.51. The third-order valence-electron chi connectivity index (χ3n) is 2.07. The Bertz CT molecular complexity index is 554. The average Bonchev–Trinajstić information content (AvgIpc) is 2.17. The SMILES string of the molecule is Cc1ccc2cc(F)cc([N+](=O)[O-])c2n1. The number of benzene rings is 1. The second kappa shape index (κ2) is 3.27. The fourth-order valence-electron chi connectivity index (χ4n) is 1.42. The molecule has 1 aromatic carbocycles. The molecule has 1 aromatic heterocycles. The first-order valence-electron chi connectivity index (χ1n) is 4.29. The summed E-state index contributed by atoms with van der Waals surface area (Å²) in [5.41, 5.74) is 0.590. The summed E-state index contributed by atoms with van der Waals surface area (Å²) >= 11 is 0. The van der Waals surface area contributed by atoms with E-state index in [-0.39, 0.29) is 11.2 Å². The molecule has 4 nitrogen and oxygen atoms in total. The minimum atomic E-state index is -0.627. The third kappa shape index (κ3) is 1.63. The molecule has 0 N–H and O–H groups in total. The standard InChI is InChI=1S/C10H7FN2O2/c1-6-2-3-7-4-8(11)5-9(13(14)15)10(7)12-6/h2-5H,1H3. The number of fused-ring (bicyclic) bond motifs is 1. The van der Waals surface area contributed by atoms with Gasteiger partial charge in [-0.1, -0.05) is 6.07 Å². The second-order valence-corrected chi connectivity index (χ2v) is 3.21. The number of aromatic nitrogens is 1. The number of nitro benzene ring substituents is 1. The van der Waals surface area contributed by atoms with Crippen molar-refractivity contribution in [3.05, 3.63) is 45.9 Å². The van der Waals surface area contributed by atoms with Crippen LogP contribution in [0.3, 0.4) is 0 Å². The van der Waals surface area contributed by atoms with Crippen LogP contribution in [0.15, 0.2) is 24.3 Å². The molecule has 0 bridgehead atoms. The van der Waals surface area contributed by atoms with E-state index in [0.717, 1.165) is 6.07 Å². The number of nitrogens with zero attached hydrogens (tertiary/aromatic N) is 2. The van der Waals surface area contributed by atoms with Crippen LogP contribution in [0.2, 0.25) is 0 Å². The highest BCUT2D eigenvalue weighted by Crippen LogP contribution is 2.25. The topological polar surface area (TPSA) is 56.0 Å². The van der Waals surface area contributed by atoms with Gasteiger partial charge < -0.3 is 0 Å². The molecule has 76 valence electrons. The smallest absolute Gasteiger partial charge is 0.258 e. The van der Waals surface area contributed by atoms with E-state index in [0.29, 0.717) is 11.1 Å². The number of non-ortho nitro benzene ring substituents is 1. The van der Waals surface area contributed by atoms with Crippen LogP contribution in [0.25, 0.3) is 10.9 Å². The molecule has 0 amide bonds. The summed E-state index contributed by atoms with van der Waals surface area (Å²) in [6, 6.07) is 5.42. The van der Waals surface area contributed by atoms with E-state index < -0.39 is 10.7 Å². The molecule has 0 aliphatic carbocycles. The lowest BCUT2D eigenvalue weighted by atomic mass is 10.1. The largest absolute Gasteiger partial charge is 0.298 e. The summed E-state index contributed by atoms with van der Waals surface area (Å²) in [6.45, 7) is 1.73. The number of nitro groups is 1. The van der Waals surface area contributed by atoms with Crippen LogP contribution in [0.5, 0.6) is 0 Å². The van der Waals surface area contributed by atoms with Gasteiger partial charge in [-0.3, -0.25) is 10.1 Å². The summed E-state index contributed by atoms with van der Waals surface area (Å²) in [5, 5.41) is 11.1. The van der Waals surface area contributed by atoms with Crippen LogP contribution >= 0.6 is 0 Å². The van der Waals surface area contributed by atoms with Gasteiger partial charge in [0.15, 0.2) is 0 Å². The van der Waals surface area contributed by atoms with Crippen molar-refractivity contribution in [2.75, 3.05) is 0 Å². The van der Waals surface area contributed by atoms with Gasteiger partial charge in [0, 0.05) is 11.1 Å². The van der Waals surface area contributed by atoms with Crippen LogP contribution in [0.1, 0.15) is 5.69 Å². The maximum absolute atomic E-state index is 13.0. The molecular weight excluding hydrogens is 199 g/mol. The normalized spacial score (nSPS) is 10.5. The summed E-state index contributed by atoms with van der Waals surface area (Å²) < 4.78 is 13.0. The molecule has 0 unspecified atom stereocenters. The van der Waals surface area contributed by atoms with E-state index in [4.69, 9.17) is 0 Å². The predicted molar refractivity (Wildman–Crippen MR) is 53.1 cm³/mol. The zero-order valence-electron chi connectivity index (χ0n) is 7.90. The quantitative estimate of drug-likeness (QED) is 0.532. The molecule has 2 aromatic rings. The van der Waals surface area contributed by atoms with Gasteiger partial charge in [-0.2, -0.15) is 0 Å². The van der Waals surface area contributed by atoms with Crippen LogP contribution in [0.4, 0.5) is 10.1 Å². The van der Waals surface area contributed by atoms with Gasteiger partial charge in [0.2, 0.25) is 0 Å². The molecule has 15 heavy (non-hydrogen) atoms. The molecule has 0 aliphatic rings. The number of halogens is 1.